The number of aryl methyl sites for hydroxylation is 1. The number of carbonyl (C=O) groups is 1. The van der Waals surface area contributed by atoms with Crippen molar-refractivity contribution < 1.29 is 9.53 Å². The van der Waals surface area contributed by atoms with Crippen molar-refractivity contribution in [3.05, 3.63) is 29.8 Å². The van der Waals surface area contributed by atoms with E-state index in [2.05, 4.69) is 29.2 Å². The van der Waals surface area contributed by atoms with Gasteiger partial charge in [0, 0.05) is 0 Å². The number of nitrogens with zero attached hydrogens (tertiary/aromatic N) is 1. The fraction of sp³-hybridized carbons (Fsp3) is 0.611. The molecule has 4 heteroatoms. The molecular weight excluding hydrogens is 276 g/mol. The summed E-state index contributed by atoms with van der Waals surface area (Å²) < 4.78 is 5.47. The maximum Gasteiger partial charge on any atom is 0.234 e. The Bertz CT molecular complexity index is 464. The number of hydrogen-bond donors (Lipinski definition) is 1. The monoisotopic (exact) mass is 304 g/mol. The van der Waals surface area contributed by atoms with Crippen LogP contribution in [-0.2, 0) is 11.2 Å². The Labute approximate surface area is 133 Å². The van der Waals surface area contributed by atoms with Crippen LogP contribution in [0.1, 0.15) is 38.7 Å². The van der Waals surface area contributed by atoms with Crippen molar-refractivity contribution in [2.45, 2.75) is 45.6 Å². The second-order valence-corrected chi connectivity index (χ2v) is 6.17. The molecule has 1 aliphatic heterocycles. The number of carbonyl (C=O) groups excluding carboxylic acids is 1. The Morgan fingerprint density at radius 3 is 2.50 bits per heavy atom. The summed E-state index contributed by atoms with van der Waals surface area (Å²) >= 11 is 0. The number of ether oxygens (including phenoxy) is 1. The van der Waals surface area contributed by atoms with Crippen LogP contribution in [0.25, 0.3) is 0 Å². The molecule has 0 spiro atoms. The third kappa shape index (κ3) is 4.73. The van der Waals surface area contributed by atoms with E-state index >= 15 is 0 Å². The Kier molecular flexibility index (Phi) is 6.25. The van der Waals surface area contributed by atoms with Crippen LogP contribution in [0, 0.1) is 5.92 Å². The van der Waals surface area contributed by atoms with E-state index in [1.54, 1.807) is 0 Å². The topological polar surface area (TPSA) is 55.6 Å². The van der Waals surface area contributed by atoms with Crippen LogP contribution in [-0.4, -0.2) is 36.5 Å². The Morgan fingerprint density at radius 2 is 1.95 bits per heavy atom. The highest BCUT2D eigenvalue weighted by molar-refractivity contribution is 5.79. The molecule has 1 aromatic carbocycles. The van der Waals surface area contributed by atoms with Crippen LogP contribution in [0.5, 0.6) is 5.75 Å². The first-order valence-electron chi connectivity index (χ1n) is 8.35. The van der Waals surface area contributed by atoms with Gasteiger partial charge < -0.3 is 10.5 Å². The zero-order valence-corrected chi connectivity index (χ0v) is 13.8. The van der Waals surface area contributed by atoms with Crippen LogP contribution in [0.15, 0.2) is 24.3 Å². The SMILES string of the molecule is CCOc1ccc(CCC2CCN(C(C)C(N)=O)CC2)cc1. The molecule has 1 heterocycles. The van der Waals surface area contributed by atoms with E-state index < -0.39 is 0 Å². The van der Waals surface area contributed by atoms with Gasteiger partial charge in [0.25, 0.3) is 0 Å². The zero-order valence-electron chi connectivity index (χ0n) is 13.8. The molecule has 1 unspecified atom stereocenters. The standard InChI is InChI=1S/C18H28N2O2/c1-3-22-17-8-6-15(7-9-17)4-5-16-10-12-20(13-11-16)14(2)18(19)21/h6-9,14,16H,3-5,10-13H2,1-2H3,(H2,19,21). The molecule has 2 rings (SSSR count). The first-order valence-corrected chi connectivity index (χ1v) is 8.35. The van der Waals surface area contributed by atoms with E-state index in [1.165, 1.54) is 12.0 Å². The van der Waals surface area contributed by atoms with Gasteiger partial charge in [-0.15, -0.1) is 0 Å². The summed E-state index contributed by atoms with van der Waals surface area (Å²) in [7, 11) is 0. The molecule has 1 atom stereocenters. The van der Waals surface area contributed by atoms with Gasteiger partial charge in [-0.05, 0) is 76.2 Å². The molecule has 0 aromatic heterocycles. The fourth-order valence-corrected chi connectivity index (χ4v) is 3.10. The van der Waals surface area contributed by atoms with Gasteiger partial charge in [-0.1, -0.05) is 12.1 Å². The predicted octanol–water partition coefficient (Wildman–Crippen LogP) is 2.60. The molecule has 1 saturated heterocycles. The number of amides is 1. The molecule has 0 aliphatic carbocycles. The van der Waals surface area contributed by atoms with Crippen molar-refractivity contribution in [1.29, 1.82) is 0 Å². The summed E-state index contributed by atoms with van der Waals surface area (Å²) in [5.41, 5.74) is 6.75. The maximum absolute atomic E-state index is 11.2. The van der Waals surface area contributed by atoms with Crippen LogP contribution < -0.4 is 10.5 Å². The Balaban J connectivity index is 1.73. The molecule has 122 valence electrons. The number of likely N-dealkylation sites (tertiary alicyclic amines) is 1. The predicted molar refractivity (Wildman–Crippen MR) is 88.9 cm³/mol. The molecule has 0 saturated carbocycles. The summed E-state index contributed by atoms with van der Waals surface area (Å²) in [4.78, 5) is 13.4. The lowest BCUT2D eigenvalue weighted by molar-refractivity contribution is -0.123. The van der Waals surface area contributed by atoms with Gasteiger partial charge in [0.15, 0.2) is 0 Å². The second-order valence-electron chi connectivity index (χ2n) is 6.17. The van der Waals surface area contributed by atoms with Crippen molar-refractivity contribution in [1.82, 2.24) is 4.90 Å². The number of nitrogens with two attached hydrogens (primary N) is 1. The highest BCUT2D eigenvalue weighted by Crippen LogP contribution is 2.24. The highest BCUT2D eigenvalue weighted by atomic mass is 16.5. The smallest absolute Gasteiger partial charge is 0.234 e. The summed E-state index contributed by atoms with van der Waals surface area (Å²) in [5.74, 6) is 1.48. The molecule has 22 heavy (non-hydrogen) atoms. The lowest BCUT2D eigenvalue weighted by Gasteiger charge is -2.34. The van der Waals surface area contributed by atoms with Crippen molar-refractivity contribution in [2.24, 2.45) is 11.7 Å². The number of hydrogen-bond acceptors (Lipinski definition) is 3. The second kappa shape index (κ2) is 8.18. The normalized spacial score (nSPS) is 18.1. The van der Waals surface area contributed by atoms with E-state index in [-0.39, 0.29) is 11.9 Å². The van der Waals surface area contributed by atoms with Gasteiger partial charge in [0.1, 0.15) is 5.75 Å². The van der Waals surface area contributed by atoms with Crippen molar-refractivity contribution in [3.63, 3.8) is 0 Å². The molecule has 1 aromatic rings. The van der Waals surface area contributed by atoms with Gasteiger partial charge in [-0.3, -0.25) is 9.69 Å². The van der Waals surface area contributed by atoms with E-state index in [4.69, 9.17) is 10.5 Å². The largest absolute Gasteiger partial charge is 0.494 e. The highest BCUT2D eigenvalue weighted by Gasteiger charge is 2.24. The number of rotatable bonds is 7. The first kappa shape index (κ1) is 16.8. The van der Waals surface area contributed by atoms with Gasteiger partial charge >= 0.3 is 0 Å². The van der Waals surface area contributed by atoms with Crippen LogP contribution >= 0.6 is 0 Å². The van der Waals surface area contributed by atoms with Gasteiger partial charge in [0.05, 0.1) is 12.6 Å². The lowest BCUT2D eigenvalue weighted by Crippen LogP contribution is -2.46. The average Bonchev–Trinajstić information content (AvgIpc) is 2.54. The van der Waals surface area contributed by atoms with Gasteiger partial charge in [0.2, 0.25) is 5.91 Å². The molecule has 1 fully saturated rings. The molecule has 0 bridgehead atoms. The molecule has 1 aliphatic rings. The maximum atomic E-state index is 11.2. The van der Waals surface area contributed by atoms with Gasteiger partial charge in [-0.2, -0.15) is 0 Å². The number of piperidine rings is 1. The van der Waals surface area contributed by atoms with Crippen LogP contribution in [0.4, 0.5) is 0 Å². The van der Waals surface area contributed by atoms with E-state index in [0.717, 1.165) is 44.0 Å². The number of primary amides is 1. The van der Waals surface area contributed by atoms with Crippen molar-refractivity contribution in [3.8, 4) is 5.75 Å². The first-order chi connectivity index (χ1) is 10.6. The van der Waals surface area contributed by atoms with E-state index in [0.29, 0.717) is 6.61 Å². The molecule has 0 radical (unpaired) electrons. The van der Waals surface area contributed by atoms with Crippen molar-refractivity contribution in [2.75, 3.05) is 19.7 Å². The van der Waals surface area contributed by atoms with Crippen LogP contribution in [0.3, 0.4) is 0 Å². The summed E-state index contributed by atoms with van der Waals surface area (Å²) in [6.07, 6.45) is 4.65. The van der Waals surface area contributed by atoms with Crippen LogP contribution in [0.2, 0.25) is 0 Å². The quantitative estimate of drug-likeness (QED) is 0.842. The van der Waals surface area contributed by atoms with E-state index in [1.807, 2.05) is 13.8 Å². The third-order valence-electron chi connectivity index (χ3n) is 4.68. The fourth-order valence-electron chi connectivity index (χ4n) is 3.10. The lowest BCUT2D eigenvalue weighted by atomic mass is 9.90. The number of benzene rings is 1. The molecule has 4 nitrogen and oxygen atoms in total. The van der Waals surface area contributed by atoms with E-state index in [9.17, 15) is 4.79 Å². The molecule has 2 N–H and O–H groups in total. The van der Waals surface area contributed by atoms with Gasteiger partial charge in [-0.25, -0.2) is 0 Å². The van der Waals surface area contributed by atoms with Crippen molar-refractivity contribution >= 4 is 5.91 Å². The Morgan fingerprint density at radius 1 is 1.32 bits per heavy atom. The summed E-state index contributed by atoms with van der Waals surface area (Å²) in [6.45, 7) is 6.58. The minimum atomic E-state index is -0.215. The summed E-state index contributed by atoms with van der Waals surface area (Å²) in [6, 6.07) is 8.29. The zero-order chi connectivity index (χ0) is 15.9. The average molecular weight is 304 g/mol. The molecule has 1 amide bonds. The Hall–Kier alpha value is -1.55. The third-order valence-corrected chi connectivity index (χ3v) is 4.68. The summed E-state index contributed by atoms with van der Waals surface area (Å²) in [5, 5.41) is 0. The minimum absolute atomic E-state index is 0.132. The minimum Gasteiger partial charge on any atom is -0.494 e. The molecular formula is C18H28N2O2.